The van der Waals surface area contributed by atoms with Crippen LogP contribution in [0.2, 0.25) is 0 Å². The molecule has 0 saturated carbocycles. The molecular weight excluding hydrogens is 274 g/mol. The molecule has 1 aromatic carbocycles. The average molecular weight is 301 g/mol. The van der Waals surface area contributed by atoms with Gasteiger partial charge in [0.2, 0.25) is 5.91 Å². The predicted octanol–water partition coefficient (Wildman–Crippen LogP) is 3.68. The second kappa shape index (κ2) is 8.74. The minimum atomic E-state index is 0.0906. The Morgan fingerprint density at radius 3 is 2.50 bits per heavy atom. The maximum absolute atomic E-state index is 12.2. The molecule has 1 heterocycles. The Bertz CT molecular complexity index is 499. The van der Waals surface area contributed by atoms with E-state index in [0.717, 1.165) is 17.6 Å². The van der Waals surface area contributed by atoms with Crippen molar-refractivity contribution in [1.29, 1.82) is 0 Å². The molecule has 120 valence electrons. The molecule has 3 heteroatoms. The van der Waals surface area contributed by atoms with Gasteiger partial charge >= 0.3 is 0 Å². The van der Waals surface area contributed by atoms with E-state index in [4.69, 9.17) is 4.74 Å². The zero-order valence-corrected chi connectivity index (χ0v) is 13.8. The van der Waals surface area contributed by atoms with Crippen molar-refractivity contribution in [3.8, 4) is 0 Å². The van der Waals surface area contributed by atoms with Crippen LogP contribution in [-0.4, -0.2) is 37.1 Å². The van der Waals surface area contributed by atoms with Crippen molar-refractivity contribution in [1.82, 2.24) is 4.90 Å². The lowest BCUT2D eigenvalue weighted by Gasteiger charge is -2.25. The Kier molecular flexibility index (Phi) is 6.66. The monoisotopic (exact) mass is 301 g/mol. The fourth-order valence-electron chi connectivity index (χ4n) is 2.66. The number of allylic oxidation sites excluding steroid dienone is 1. The highest BCUT2D eigenvalue weighted by Crippen LogP contribution is 2.16. The fraction of sp³-hybridized carbons (Fsp3) is 0.526. The number of nitrogens with zero attached hydrogens (tertiary/aromatic N) is 1. The summed E-state index contributed by atoms with van der Waals surface area (Å²) < 4.78 is 5.28. The van der Waals surface area contributed by atoms with Gasteiger partial charge in [0.25, 0.3) is 0 Å². The first kappa shape index (κ1) is 16.8. The first-order valence-electron chi connectivity index (χ1n) is 8.35. The van der Waals surface area contributed by atoms with Crippen LogP contribution in [0.25, 0.3) is 5.57 Å². The average Bonchev–Trinajstić information content (AvgIpc) is 2.56. The van der Waals surface area contributed by atoms with Gasteiger partial charge in [0.1, 0.15) is 0 Å². The van der Waals surface area contributed by atoms with Crippen LogP contribution >= 0.6 is 0 Å². The van der Waals surface area contributed by atoms with E-state index in [1.165, 1.54) is 24.8 Å². The topological polar surface area (TPSA) is 29.5 Å². The summed E-state index contributed by atoms with van der Waals surface area (Å²) in [6.45, 7) is 6.90. The molecule has 2 rings (SSSR count). The summed E-state index contributed by atoms with van der Waals surface area (Å²) >= 11 is 0. The number of ether oxygens (including phenoxy) is 1. The third-order valence-electron chi connectivity index (χ3n) is 4.14. The van der Waals surface area contributed by atoms with Crippen molar-refractivity contribution in [3.63, 3.8) is 0 Å². The minimum Gasteiger partial charge on any atom is -0.378 e. The molecule has 0 N–H and O–H groups in total. The Morgan fingerprint density at radius 1 is 1.18 bits per heavy atom. The van der Waals surface area contributed by atoms with Crippen LogP contribution in [0.3, 0.4) is 0 Å². The minimum absolute atomic E-state index is 0.0906. The molecule has 0 aliphatic carbocycles. The second-order valence-corrected chi connectivity index (χ2v) is 5.92. The molecule has 0 radical (unpaired) electrons. The van der Waals surface area contributed by atoms with Crippen LogP contribution in [0.5, 0.6) is 0 Å². The summed E-state index contributed by atoms with van der Waals surface area (Å²) in [5.41, 5.74) is 3.53. The molecule has 1 aliphatic rings. The Morgan fingerprint density at radius 2 is 1.86 bits per heavy atom. The van der Waals surface area contributed by atoms with Gasteiger partial charge in [-0.1, -0.05) is 44.0 Å². The Hall–Kier alpha value is -1.61. The van der Waals surface area contributed by atoms with E-state index < -0.39 is 0 Å². The van der Waals surface area contributed by atoms with E-state index in [1.54, 1.807) is 6.08 Å². The number of benzene rings is 1. The number of aryl methyl sites for hydroxylation is 1. The molecule has 0 spiro atoms. The van der Waals surface area contributed by atoms with Gasteiger partial charge in [-0.25, -0.2) is 0 Å². The van der Waals surface area contributed by atoms with Crippen molar-refractivity contribution >= 4 is 11.5 Å². The van der Waals surface area contributed by atoms with Gasteiger partial charge in [-0.05, 0) is 36.5 Å². The van der Waals surface area contributed by atoms with Gasteiger partial charge in [-0.15, -0.1) is 0 Å². The quantitative estimate of drug-likeness (QED) is 0.592. The van der Waals surface area contributed by atoms with Gasteiger partial charge < -0.3 is 9.64 Å². The molecule has 3 nitrogen and oxygen atoms in total. The van der Waals surface area contributed by atoms with E-state index in [1.807, 2.05) is 11.8 Å². The number of unbranched alkanes of at least 4 members (excludes halogenated alkanes) is 2. The number of amides is 1. The molecule has 0 aromatic heterocycles. The standard InChI is InChI=1S/C19H27NO2/c1-3-4-5-6-17-7-9-18(10-8-17)16(2)15-19(21)20-11-13-22-14-12-20/h7-10,15H,3-6,11-14H2,1-2H3. The molecule has 22 heavy (non-hydrogen) atoms. The Labute approximate surface area is 134 Å². The highest BCUT2D eigenvalue weighted by molar-refractivity contribution is 5.94. The molecule has 0 unspecified atom stereocenters. The number of carbonyl (C=O) groups excluding carboxylic acids is 1. The third kappa shape index (κ3) is 4.99. The Balaban J connectivity index is 1.94. The maximum atomic E-state index is 12.2. The van der Waals surface area contributed by atoms with Gasteiger partial charge in [-0.2, -0.15) is 0 Å². The maximum Gasteiger partial charge on any atom is 0.246 e. The molecule has 1 aliphatic heterocycles. The molecule has 1 saturated heterocycles. The summed E-state index contributed by atoms with van der Waals surface area (Å²) in [7, 11) is 0. The van der Waals surface area contributed by atoms with E-state index in [9.17, 15) is 4.79 Å². The number of hydrogen-bond acceptors (Lipinski definition) is 2. The van der Waals surface area contributed by atoms with Crippen molar-refractivity contribution in [2.24, 2.45) is 0 Å². The largest absolute Gasteiger partial charge is 0.378 e. The first-order valence-corrected chi connectivity index (χ1v) is 8.35. The predicted molar refractivity (Wildman–Crippen MR) is 90.7 cm³/mol. The summed E-state index contributed by atoms with van der Waals surface area (Å²) in [5, 5.41) is 0. The lowest BCUT2D eigenvalue weighted by molar-refractivity contribution is -0.129. The number of rotatable bonds is 6. The van der Waals surface area contributed by atoms with Crippen LogP contribution in [0.1, 0.15) is 44.2 Å². The summed E-state index contributed by atoms with van der Waals surface area (Å²) in [6.07, 6.45) is 6.68. The van der Waals surface area contributed by atoms with Crippen LogP contribution in [-0.2, 0) is 16.0 Å². The van der Waals surface area contributed by atoms with Crippen LogP contribution < -0.4 is 0 Å². The lowest BCUT2D eigenvalue weighted by atomic mass is 10.0. The highest BCUT2D eigenvalue weighted by Gasteiger charge is 2.14. The molecule has 1 fully saturated rings. The molecular formula is C19H27NO2. The lowest BCUT2D eigenvalue weighted by Crippen LogP contribution is -2.39. The van der Waals surface area contributed by atoms with E-state index in [-0.39, 0.29) is 5.91 Å². The van der Waals surface area contributed by atoms with Crippen molar-refractivity contribution in [2.75, 3.05) is 26.3 Å². The normalized spacial score (nSPS) is 15.9. The highest BCUT2D eigenvalue weighted by atomic mass is 16.5. The summed E-state index contributed by atoms with van der Waals surface area (Å²) in [5.74, 6) is 0.0906. The van der Waals surface area contributed by atoms with Crippen LogP contribution in [0.4, 0.5) is 0 Å². The SMILES string of the molecule is CCCCCc1ccc(C(C)=CC(=O)N2CCOCC2)cc1. The molecule has 1 amide bonds. The number of hydrogen-bond donors (Lipinski definition) is 0. The summed E-state index contributed by atoms with van der Waals surface area (Å²) in [6, 6.07) is 8.61. The first-order chi connectivity index (χ1) is 10.7. The number of morpholine rings is 1. The van der Waals surface area contributed by atoms with Gasteiger partial charge in [0.15, 0.2) is 0 Å². The van der Waals surface area contributed by atoms with Crippen molar-refractivity contribution in [3.05, 3.63) is 41.5 Å². The van der Waals surface area contributed by atoms with Crippen molar-refractivity contribution in [2.45, 2.75) is 39.5 Å². The molecule has 0 bridgehead atoms. The summed E-state index contributed by atoms with van der Waals surface area (Å²) in [4.78, 5) is 14.1. The van der Waals surface area contributed by atoms with Gasteiger partial charge in [0, 0.05) is 19.2 Å². The second-order valence-electron chi connectivity index (χ2n) is 5.92. The van der Waals surface area contributed by atoms with E-state index >= 15 is 0 Å². The van der Waals surface area contributed by atoms with E-state index in [2.05, 4.69) is 31.2 Å². The molecule has 1 aromatic rings. The van der Waals surface area contributed by atoms with E-state index in [0.29, 0.717) is 26.3 Å². The molecule has 0 atom stereocenters. The fourth-order valence-corrected chi connectivity index (χ4v) is 2.66. The van der Waals surface area contributed by atoms with Gasteiger partial charge in [-0.3, -0.25) is 4.79 Å². The zero-order chi connectivity index (χ0) is 15.8. The van der Waals surface area contributed by atoms with Crippen molar-refractivity contribution < 1.29 is 9.53 Å². The third-order valence-corrected chi connectivity index (χ3v) is 4.14. The zero-order valence-electron chi connectivity index (χ0n) is 13.8. The van der Waals surface area contributed by atoms with Crippen LogP contribution in [0, 0.1) is 0 Å². The van der Waals surface area contributed by atoms with Crippen LogP contribution in [0.15, 0.2) is 30.3 Å². The smallest absolute Gasteiger partial charge is 0.246 e. The number of carbonyl (C=O) groups is 1. The van der Waals surface area contributed by atoms with Gasteiger partial charge in [0.05, 0.1) is 13.2 Å².